The highest BCUT2D eigenvalue weighted by Crippen LogP contribution is 2.45. The van der Waals surface area contributed by atoms with Crippen molar-refractivity contribution in [3.8, 4) is 17.1 Å². The Hall–Kier alpha value is -3.13. The number of nitroso groups, excluding NO2 is 1. The average Bonchev–Trinajstić information content (AvgIpc) is 3.09. The number of nitrogens with zero attached hydrogens (tertiary/aromatic N) is 1. The molecule has 0 saturated carbocycles. The lowest BCUT2D eigenvalue weighted by Gasteiger charge is -2.03. The standard InChI is InChI=1S/C18H13BrN4O3/c1-8(24)20-10-3-5-13-11(7-10)15(18(25)22-13)17-16(23-26)12-6-9(19)2-4-14(12)21-17/h2-7,21-22,25H,1H3,(H,20,24). The fourth-order valence-corrected chi connectivity index (χ4v) is 3.50. The number of H-pyrrole nitrogens is 2. The molecule has 0 atom stereocenters. The maximum absolute atomic E-state index is 11.5. The monoisotopic (exact) mass is 412 g/mol. The van der Waals surface area contributed by atoms with Gasteiger partial charge in [-0.1, -0.05) is 15.9 Å². The second-order valence-corrected chi connectivity index (χ2v) is 6.84. The molecule has 4 N–H and O–H groups in total. The number of rotatable bonds is 3. The fraction of sp³-hybridized carbons (Fsp3) is 0.0556. The highest BCUT2D eigenvalue weighted by atomic mass is 79.9. The molecule has 4 aromatic rings. The van der Waals surface area contributed by atoms with Crippen molar-refractivity contribution in [3.05, 3.63) is 45.8 Å². The molecule has 0 fully saturated rings. The Bertz CT molecular complexity index is 1190. The quantitative estimate of drug-likeness (QED) is 0.349. The molecule has 2 aromatic carbocycles. The second kappa shape index (κ2) is 5.99. The van der Waals surface area contributed by atoms with E-state index in [2.05, 4.69) is 36.4 Å². The van der Waals surface area contributed by atoms with E-state index in [0.29, 0.717) is 33.2 Å². The molecule has 7 nitrogen and oxygen atoms in total. The summed E-state index contributed by atoms with van der Waals surface area (Å²) in [5, 5.41) is 17.6. The summed E-state index contributed by atoms with van der Waals surface area (Å²) < 4.78 is 0.816. The van der Waals surface area contributed by atoms with Crippen molar-refractivity contribution in [2.24, 2.45) is 5.18 Å². The number of halogens is 1. The van der Waals surface area contributed by atoms with Crippen molar-refractivity contribution in [1.82, 2.24) is 9.97 Å². The minimum atomic E-state index is -0.198. The summed E-state index contributed by atoms with van der Waals surface area (Å²) >= 11 is 3.39. The van der Waals surface area contributed by atoms with Gasteiger partial charge in [0.1, 0.15) is 5.69 Å². The van der Waals surface area contributed by atoms with E-state index in [1.54, 1.807) is 24.3 Å². The van der Waals surface area contributed by atoms with E-state index in [9.17, 15) is 14.8 Å². The average molecular weight is 413 g/mol. The number of nitrogens with one attached hydrogen (secondary N) is 3. The predicted molar refractivity (Wildman–Crippen MR) is 105 cm³/mol. The molecule has 0 aliphatic carbocycles. The summed E-state index contributed by atoms with van der Waals surface area (Å²) in [5.74, 6) is -0.285. The molecular formula is C18H13BrN4O3. The van der Waals surface area contributed by atoms with Gasteiger partial charge in [-0.15, -0.1) is 4.91 Å². The minimum Gasteiger partial charge on any atom is -0.494 e. The van der Waals surface area contributed by atoms with Gasteiger partial charge >= 0.3 is 0 Å². The molecule has 0 unspecified atom stereocenters. The van der Waals surface area contributed by atoms with Crippen molar-refractivity contribution < 1.29 is 9.90 Å². The maximum atomic E-state index is 11.5. The van der Waals surface area contributed by atoms with Crippen molar-refractivity contribution >= 4 is 55.0 Å². The highest BCUT2D eigenvalue weighted by molar-refractivity contribution is 9.10. The van der Waals surface area contributed by atoms with E-state index >= 15 is 0 Å². The van der Waals surface area contributed by atoms with Crippen LogP contribution in [0.2, 0.25) is 0 Å². The third-order valence-electron chi connectivity index (χ3n) is 4.17. The number of aromatic amines is 2. The number of aromatic hydroxyl groups is 1. The molecule has 0 saturated heterocycles. The van der Waals surface area contributed by atoms with Gasteiger partial charge < -0.3 is 20.4 Å². The van der Waals surface area contributed by atoms with Gasteiger partial charge in [0.2, 0.25) is 5.91 Å². The van der Waals surface area contributed by atoms with Crippen molar-refractivity contribution in [3.63, 3.8) is 0 Å². The first kappa shape index (κ1) is 16.3. The zero-order chi connectivity index (χ0) is 18.4. The van der Waals surface area contributed by atoms with E-state index in [-0.39, 0.29) is 17.5 Å². The number of benzene rings is 2. The van der Waals surface area contributed by atoms with Crippen LogP contribution in [0.3, 0.4) is 0 Å². The SMILES string of the molecule is CC(=O)Nc1ccc2[nH]c(O)c(-c3[nH]c4ccc(Br)cc4c3N=O)c2c1. The molecule has 2 heterocycles. The molecule has 2 aromatic heterocycles. The number of fused-ring (bicyclic) bond motifs is 2. The molecule has 0 aliphatic heterocycles. The van der Waals surface area contributed by atoms with Crippen LogP contribution < -0.4 is 5.32 Å². The number of anilines is 1. The van der Waals surface area contributed by atoms with Crippen LogP contribution in [-0.4, -0.2) is 21.0 Å². The van der Waals surface area contributed by atoms with Crippen LogP contribution in [0.4, 0.5) is 11.4 Å². The van der Waals surface area contributed by atoms with Crippen LogP contribution in [0, 0.1) is 4.91 Å². The number of hydrogen-bond donors (Lipinski definition) is 4. The van der Waals surface area contributed by atoms with Crippen molar-refractivity contribution in [1.29, 1.82) is 0 Å². The number of carbonyl (C=O) groups excluding carboxylic acids is 1. The number of aromatic nitrogens is 2. The molecule has 1 amide bonds. The van der Waals surface area contributed by atoms with Crippen molar-refractivity contribution in [2.45, 2.75) is 6.92 Å². The smallest absolute Gasteiger partial charge is 0.221 e. The van der Waals surface area contributed by atoms with E-state index in [1.165, 1.54) is 6.92 Å². The van der Waals surface area contributed by atoms with E-state index in [4.69, 9.17) is 0 Å². The molecule has 26 heavy (non-hydrogen) atoms. The van der Waals surface area contributed by atoms with Crippen LogP contribution in [-0.2, 0) is 4.79 Å². The van der Waals surface area contributed by atoms with Gasteiger partial charge in [0.05, 0.1) is 11.3 Å². The van der Waals surface area contributed by atoms with Crippen LogP contribution in [0.25, 0.3) is 33.1 Å². The minimum absolute atomic E-state index is 0.0875. The second-order valence-electron chi connectivity index (χ2n) is 5.92. The number of carbonyl (C=O) groups is 1. The summed E-state index contributed by atoms with van der Waals surface area (Å²) in [7, 11) is 0. The molecular weight excluding hydrogens is 400 g/mol. The zero-order valence-electron chi connectivity index (χ0n) is 13.6. The lowest BCUT2D eigenvalue weighted by atomic mass is 10.1. The molecule has 0 bridgehead atoms. The summed E-state index contributed by atoms with van der Waals surface area (Å²) in [5.41, 5.74) is 3.03. The third kappa shape index (κ3) is 2.55. The topological polar surface area (TPSA) is 110 Å². The van der Waals surface area contributed by atoms with Gasteiger partial charge in [0.25, 0.3) is 0 Å². The van der Waals surface area contributed by atoms with Crippen molar-refractivity contribution in [2.75, 3.05) is 5.32 Å². The first-order chi connectivity index (χ1) is 12.5. The fourth-order valence-electron chi connectivity index (χ4n) is 3.14. The first-order valence-corrected chi connectivity index (χ1v) is 8.54. The van der Waals surface area contributed by atoms with Gasteiger partial charge in [-0.3, -0.25) is 4.79 Å². The lowest BCUT2D eigenvalue weighted by molar-refractivity contribution is -0.114. The third-order valence-corrected chi connectivity index (χ3v) is 4.67. The highest BCUT2D eigenvalue weighted by Gasteiger charge is 2.21. The zero-order valence-corrected chi connectivity index (χ0v) is 15.1. The van der Waals surface area contributed by atoms with Crippen LogP contribution in [0.15, 0.2) is 46.0 Å². The summed E-state index contributed by atoms with van der Waals surface area (Å²) in [4.78, 5) is 28.9. The van der Waals surface area contributed by atoms with Crippen LogP contribution in [0.5, 0.6) is 5.88 Å². The normalized spacial score (nSPS) is 11.2. The molecule has 0 radical (unpaired) electrons. The van der Waals surface area contributed by atoms with Gasteiger partial charge in [-0.25, -0.2) is 0 Å². The molecule has 8 heteroatoms. The summed E-state index contributed by atoms with van der Waals surface area (Å²) in [6.07, 6.45) is 0. The van der Waals surface area contributed by atoms with Gasteiger partial charge in [-0.2, -0.15) is 0 Å². The molecule has 130 valence electrons. The van der Waals surface area contributed by atoms with E-state index in [0.717, 1.165) is 9.99 Å². The van der Waals surface area contributed by atoms with E-state index in [1.807, 2.05) is 12.1 Å². The lowest BCUT2D eigenvalue weighted by Crippen LogP contribution is -2.05. The largest absolute Gasteiger partial charge is 0.494 e. The number of amides is 1. The molecule has 4 rings (SSSR count). The first-order valence-electron chi connectivity index (χ1n) is 7.75. The Morgan fingerprint density at radius 1 is 1.12 bits per heavy atom. The Morgan fingerprint density at radius 2 is 1.85 bits per heavy atom. The Balaban J connectivity index is 2.02. The van der Waals surface area contributed by atoms with Crippen LogP contribution >= 0.6 is 15.9 Å². The van der Waals surface area contributed by atoms with E-state index < -0.39 is 0 Å². The van der Waals surface area contributed by atoms with Gasteiger partial charge in [-0.05, 0) is 41.6 Å². The summed E-state index contributed by atoms with van der Waals surface area (Å²) in [6, 6.07) is 10.7. The van der Waals surface area contributed by atoms with Gasteiger partial charge in [0.15, 0.2) is 5.88 Å². The molecule has 0 spiro atoms. The Morgan fingerprint density at radius 3 is 2.58 bits per heavy atom. The van der Waals surface area contributed by atoms with Crippen LogP contribution in [0.1, 0.15) is 6.92 Å². The number of hydrogen-bond acceptors (Lipinski definition) is 4. The Labute approximate surface area is 155 Å². The predicted octanol–water partition coefficient (Wildman–Crippen LogP) is 5.14. The molecule has 0 aliphatic rings. The summed E-state index contributed by atoms with van der Waals surface area (Å²) in [6.45, 7) is 1.42. The maximum Gasteiger partial charge on any atom is 0.221 e. The Kier molecular flexibility index (Phi) is 3.77. The van der Waals surface area contributed by atoms with Gasteiger partial charge in [0, 0.05) is 38.9 Å².